The van der Waals surface area contributed by atoms with Gasteiger partial charge in [-0.05, 0) is 30.5 Å². The van der Waals surface area contributed by atoms with E-state index in [1.165, 1.54) is 5.56 Å². The Balaban J connectivity index is 2.33. The maximum atomic E-state index is 5.13. The number of hydrogen-bond donors (Lipinski definition) is 0. The zero-order valence-electron chi connectivity index (χ0n) is 11.3. The predicted molar refractivity (Wildman–Crippen MR) is 77.1 cm³/mol. The van der Waals surface area contributed by atoms with E-state index in [9.17, 15) is 0 Å². The number of unbranched alkanes of at least 4 members (excludes halogenated alkanes) is 1. The van der Waals surface area contributed by atoms with E-state index in [1.807, 2.05) is 12.1 Å². The standard InChI is InChI=1S/C15H22OSi/c1-16-15-11-9-14(10-12-15)8-6-5-7-13-17(2,3)4/h9-12H,5-6,8H2,1-4H3. The summed E-state index contributed by atoms with van der Waals surface area (Å²) >= 11 is 0. The zero-order valence-corrected chi connectivity index (χ0v) is 12.3. The smallest absolute Gasteiger partial charge is 0.129 e. The monoisotopic (exact) mass is 246 g/mol. The Morgan fingerprint density at radius 2 is 1.76 bits per heavy atom. The molecule has 0 unspecified atom stereocenters. The summed E-state index contributed by atoms with van der Waals surface area (Å²) in [6.07, 6.45) is 3.25. The van der Waals surface area contributed by atoms with Crippen LogP contribution in [0.15, 0.2) is 24.3 Å². The summed E-state index contributed by atoms with van der Waals surface area (Å²) in [6.45, 7) is 6.84. The molecular formula is C15H22OSi. The maximum Gasteiger partial charge on any atom is 0.129 e. The Bertz CT molecular complexity index is 390. The van der Waals surface area contributed by atoms with Crippen molar-refractivity contribution >= 4 is 8.07 Å². The summed E-state index contributed by atoms with van der Waals surface area (Å²) in [6, 6.07) is 8.29. The van der Waals surface area contributed by atoms with E-state index < -0.39 is 8.07 Å². The summed E-state index contributed by atoms with van der Waals surface area (Å²) in [5.41, 5.74) is 4.76. The Morgan fingerprint density at radius 3 is 2.29 bits per heavy atom. The normalized spacial score (nSPS) is 10.6. The van der Waals surface area contributed by atoms with E-state index in [1.54, 1.807) is 7.11 Å². The van der Waals surface area contributed by atoms with Crippen molar-refractivity contribution in [2.75, 3.05) is 7.11 Å². The van der Waals surface area contributed by atoms with Crippen LogP contribution in [-0.4, -0.2) is 15.2 Å². The molecule has 0 bridgehead atoms. The molecule has 0 spiro atoms. The van der Waals surface area contributed by atoms with Crippen molar-refractivity contribution in [2.45, 2.75) is 38.9 Å². The second-order valence-corrected chi connectivity index (χ2v) is 10.0. The van der Waals surface area contributed by atoms with Gasteiger partial charge in [-0.15, -0.1) is 11.5 Å². The molecule has 1 aromatic rings. The van der Waals surface area contributed by atoms with Gasteiger partial charge in [-0.1, -0.05) is 31.8 Å². The quantitative estimate of drug-likeness (QED) is 0.445. The van der Waals surface area contributed by atoms with Gasteiger partial charge in [0.25, 0.3) is 0 Å². The first-order valence-electron chi connectivity index (χ1n) is 6.14. The van der Waals surface area contributed by atoms with Crippen LogP contribution in [0.4, 0.5) is 0 Å². The van der Waals surface area contributed by atoms with Crippen LogP contribution in [0.1, 0.15) is 18.4 Å². The number of aryl methyl sites for hydroxylation is 1. The van der Waals surface area contributed by atoms with E-state index >= 15 is 0 Å². The topological polar surface area (TPSA) is 9.23 Å². The van der Waals surface area contributed by atoms with E-state index in [-0.39, 0.29) is 0 Å². The third-order valence-corrected chi connectivity index (χ3v) is 3.32. The molecule has 2 heteroatoms. The van der Waals surface area contributed by atoms with Gasteiger partial charge in [-0.2, -0.15) is 0 Å². The summed E-state index contributed by atoms with van der Waals surface area (Å²) in [4.78, 5) is 0. The van der Waals surface area contributed by atoms with Gasteiger partial charge >= 0.3 is 0 Å². The first-order chi connectivity index (χ1) is 8.01. The van der Waals surface area contributed by atoms with Gasteiger partial charge in [-0.3, -0.25) is 0 Å². The van der Waals surface area contributed by atoms with Crippen LogP contribution in [0.3, 0.4) is 0 Å². The SMILES string of the molecule is COc1ccc(CCCC#C[Si](C)(C)C)cc1. The highest BCUT2D eigenvalue weighted by Gasteiger charge is 2.06. The highest BCUT2D eigenvalue weighted by molar-refractivity contribution is 6.83. The Morgan fingerprint density at radius 1 is 1.12 bits per heavy atom. The van der Waals surface area contributed by atoms with Gasteiger partial charge in [0, 0.05) is 6.42 Å². The molecule has 0 radical (unpaired) electrons. The van der Waals surface area contributed by atoms with Crippen molar-refractivity contribution in [1.82, 2.24) is 0 Å². The highest BCUT2D eigenvalue weighted by Crippen LogP contribution is 2.13. The van der Waals surface area contributed by atoms with Gasteiger partial charge in [0.05, 0.1) is 7.11 Å². The molecule has 0 aliphatic carbocycles. The second kappa shape index (κ2) is 6.51. The van der Waals surface area contributed by atoms with Crippen molar-refractivity contribution in [3.63, 3.8) is 0 Å². The molecule has 0 heterocycles. The molecule has 17 heavy (non-hydrogen) atoms. The van der Waals surface area contributed by atoms with E-state index in [2.05, 4.69) is 43.2 Å². The molecule has 0 N–H and O–H groups in total. The van der Waals surface area contributed by atoms with E-state index in [0.717, 1.165) is 25.0 Å². The number of ether oxygens (including phenoxy) is 1. The minimum Gasteiger partial charge on any atom is -0.497 e. The third kappa shape index (κ3) is 6.18. The van der Waals surface area contributed by atoms with Crippen LogP contribution in [-0.2, 0) is 6.42 Å². The average molecular weight is 246 g/mol. The first kappa shape index (κ1) is 13.9. The van der Waals surface area contributed by atoms with Crippen LogP contribution in [0.5, 0.6) is 5.75 Å². The lowest BCUT2D eigenvalue weighted by Gasteiger charge is -2.04. The first-order valence-corrected chi connectivity index (χ1v) is 9.64. The van der Waals surface area contributed by atoms with Gasteiger partial charge in [0.15, 0.2) is 0 Å². The molecule has 0 aromatic heterocycles. The Kier molecular flexibility index (Phi) is 5.31. The van der Waals surface area contributed by atoms with Crippen LogP contribution >= 0.6 is 0 Å². The lowest BCUT2D eigenvalue weighted by molar-refractivity contribution is 0.414. The molecule has 1 nitrogen and oxygen atoms in total. The van der Waals surface area contributed by atoms with Crippen LogP contribution in [0, 0.1) is 11.5 Å². The van der Waals surface area contributed by atoms with Crippen molar-refractivity contribution in [1.29, 1.82) is 0 Å². The molecular weight excluding hydrogens is 224 g/mol. The van der Waals surface area contributed by atoms with Crippen molar-refractivity contribution in [2.24, 2.45) is 0 Å². The Hall–Kier alpha value is -1.20. The fraction of sp³-hybridized carbons (Fsp3) is 0.467. The fourth-order valence-electron chi connectivity index (χ4n) is 1.50. The molecule has 92 valence electrons. The summed E-state index contributed by atoms with van der Waals surface area (Å²) in [7, 11) is 0.519. The molecule has 1 aromatic carbocycles. The average Bonchev–Trinajstić information content (AvgIpc) is 2.28. The van der Waals surface area contributed by atoms with Crippen LogP contribution < -0.4 is 4.74 Å². The number of methoxy groups -OCH3 is 1. The molecule has 0 saturated heterocycles. The molecule has 0 saturated carbocycles. The van der Waals surface area contributed by atoms with Gasteiger partial charge in [0.2, 0.25) is 0 Å². The van der Waals surface area contributed by atoms with E-state index in [0.29, 0.717) is 0 Å². The minimum atomic E-state index is -1.18. The van der Waals surface area contributed by atoms with Gasteiger partial charge < -0.3 is 4.74 Å². The van der Waals surface area contributed by atoms with Crippen molar-refractivity contribution < 1.29 is 4.74 Å². The van der Waals surface area contributed by atoms with E-state index in [4.69, 9.17) is 4.74 Å². The lowest BCUT2D eigenvalue weighted by Crippen LogP contribution is -2.16. The lowest BCUT2D eigenvalue weighted by atomic mass is 10.1. The fourth-order valence-corrected chi connectivity index (χ4v) is 2.16. The largest absolute Gasteiger partial charge is 0.497 e. The summed E-state index contributed by atoms with van der Waals surface area (Å²) < 4.78 is 5.13. The zero-order chi connectivity index (χ0) is 12.7. The second-order valence-electron chi connectivity index (χ2n) is 5.25. The van der Waals surface area contributed by atoms with Crippen molar-refractivity contribution in [3.05, 3.63) is 29.8 Å². The molecule has 0 fully saturated rings. The number of hydrogen-bond acceptors (Lipinski definition) is 1. The maximum absolute atomic E-state index is 5.13. The van der Waals surface area contributed by atoms with Gasteiger partial charge in [-0.25, -0.2) is 0 Å². The predicted octanol–water partition coefficient (Wildman–Crippen LogP) is 3.90. The third-order valence-electron chi connectivity index (χ3n) is 2.39. The van der Waals surface area contributed by atoms with Gasteiger partial charge in [0.1, 0.15) is 13.8 Å². The molecule has 0 aliphatic heterocycles. The summed E-state index contributed by atoms with van der Waals surface area (Å²) in [5, 5.41) is 0. The highest BCUT2D eigenvalue weighted by atomic mass is 28.3. The molecule has 1 rings (SSSR count). The van der Waals surface area contributed by atoms with Crippen LogP contribution in [0.2, 0.25) is 19.6 Å². The van der Waals surface area contributed by atoms with Crippen molar-refractivity contribution in [3.8, 4) is 17.2 Å². The Labute approximate surface area is 106 Å². The number of rotatable bonds is 4. The number of benzene rings is 1. The summed E-state index contributed by atoms with van der Waals surface area (Å²) in [5.74, 6) is 4.23. The molecule has 0 amide bonds. The molecule has 0 atom stereocenters. The molecule has 0 aliphatic rings. The minimum absolute atomic E-state index is 0.923. The van der Waals surface area contributed by atoms with Crippen LogP contribution in [0.25, 0.3) is 0 Å².